The summed E-state index contributed by atoms with van der Waals surface area (Å²) in [4.78, 5) is 10.0. The van der Waals surface area contributed by atoms with Gasteiger partial charge in [-0.25, -0.2) is 8.78 Å². The van der Waals surface area contributed by atoms with E-state index >= 15 is 0 Å². The number of carbonyl (C=O) groups excluding carboxylic acids is 1. The SMILES string of the molecule is O=CC(F)c1cc(Br)ccc1F. The number of aldehydes is 1. The molecular weight excluding hydrogens is 230 g/mol. The summed E-state index contributed by atoms with van der Waals surface area (Å²) in [6.45, 7) is 0. The molecule has 0 fully saturated rings. The van der Waals surface area contributed by atoms with Crippen LogP contribution in [0, 0.1) is 5.82 Å². The van der Waals surface area contributed by atoms with Crippen LogP contribution in [0.1, 0.15) is 11.7 Å². The van der Waals surface area contributed by atoms with Crippen LogP contribution in [0.15, 0.2) is 22.7 Å². The smallest absolute Gasteiger partial charge is 0.183 e. The Morgan fingerprint density at radius 1 is 1.50 bits per heavy atom. The molecule has 1 atom stereocenters. The van der Waals surface area contributed by atoms with E-state index in [9.17, 15) is 13.6 Å². The number of hydrogen-bond donors (Lipinski definition) is 0. The number of alkyl halides is 1. The lowest BCUT2D eigenvalue weighted by Crippen LogP contribution is -1.96. The lowest BCUT2D eigenvalue weighted by Gasteiger charge is -2.02. The predicted molar refractivity (Wildman–Crippen MR) is 44.0 cm³/mol. The molecule has 0 radical (unpaired) electrons. The number of halogens is 3. The predicted octanol–water partition coefficient (Wildman–Crippen LogP) is 2.80. The third-order valence-electron chi connectivity index (χ3n) is 1.37. The zero-order valence-corrected chi connectivity index (χ0v) is 7.51. The van der Waals surface area contributed by atoms with E-state index < -0.39 is 12.0 Å². The molecule has 0 N–H and O–H groups in total. The minimum absolute atomic E-state index is 0.0604. The van der Waals surface area contributed by atoms with Crippen LogP contribution in [0.25, 0.3) is 0 Å². The Labute approximate surface area is 76.5 Å². The maximum absolute atomic E-state index is 12.8. The number of rotatable bonds is 2. The van der Waals surface area contributed by atoms with Crippen LogP contribution in [0.4, 0.5) is 8.78 Å². The first-order valence-corrected chi connectivity index (χ1v) is 3.98. The highest BCUT2D eigenvalue weighted by Gasteiger charge is 2.13. The van der Waals surface area contributed by atoms with Crippen molar-refractivity contribution in [3.8, 4) is 0 Å². The number of carbonyl (C=O) groups is 1. The summed E-state index contributed by atoms with van der Waals surface area (Å²) in [6, 6.07) is 3.79. The summed E-state index contributed by atoms with van der Waals surface area (Å²) in [5.74, 6) is -0.710. The highest BCUT2D eigenvalue weighted by Crippen LogP contribution is 2.22. The van der Waals surface area contributed by atoms with Crippen molar-refractivity contribution in [2.24, 2.45) is 0 Å². The van der Waals surface area contributed by atoms with E-state index in [-0.39, 0.29) is 11.8 Å². The van der Waals surface area contributed by atoms with Gasteiger partial charge in [-0.1, -0.05) is 15.9 Å². The summed E-state index contributed by atoms with van der Waals surface area (Å²) in [7, 11) is 0. The van der Waals surface area contributed by atoms with Crippen molar-refractivity contribution < 1.29 is 13.6 Å². The van der Waals surface area contributed by atoms with Crippen molar-refractivity contribution in [1.82, 2.24) is 0 Å². The normalized spacial score (nSPS) is 12.6. The van der Waals surface area contributed by atoms with Gasteiger partial charge in [-0.3, -0.25) is 4.79 Å². The fraction of sp³-hybridized carbons (Fsp3) is 0.125. The molecule has 0 aliphatic rings. The minimum atomic E-state index is -1.89. The summed E-state index contributed by atoms with van der Waals surface area (Å²) >= 11 is 3.04. The molecule has 64 valence electrons. The van der Waals surface area contributed by atoms with E-state index in [0.29, 0.717) is 4.47 Å². The largest absolute Gasteiger partial charge is 0.300 e. The summed E-state index contributed by atoms with van der Waals surface area (Å²) < 4.78 is 26.0. The average molecular weight is 235 g/mol. The first kappa shape index (κ1) is 9.32. The van der Waals surface area contributed by atoms with E-state index in [2.05, 4.69) is 15.9 Å². The third-order valence-corrected chi connectivity index (χ3v) is 1.87. The monoisotopic (exact) mass is 234 g/mol. The van der Waals surface area contributed by atoms with Gasteiger partial charge in [-0.15, -0.1) is 0 Å². The molecule has 0 bridgehead atoms. The zero-order valence-electron chi connectivity index (χ0n) is 5.93. The van der Waals surface area contributed by atoms with Gasteiger partial charge in [0.2, 0.25) is 0 Å². The summed E-state index contributed by atoms with van der Waals surface area (Å²) in [5, 5.41) is 0. The second-order valence-corrected chi connectivity index (χ2v) is 3.12. The molecular formula is C8H5BrF2O. The van der Waals surface area contributed by atoms with E-state index in [4.69, 9.17) is 0 Å². The van der Waals surface area contributed by atoms with Crippen molar-refractivity contribution in [2.45, 2.75) is 6.17 Å². The molecule has 0 saturated carbocycles. The van der Waals surface area contributed by atoms with Crippen molar-refractivity contribution in [3.05, 3.63) is 34.1 Å². The Bertz CT molecular complexity index is 301. The van der Waals surface area contributed by atoms with Gasteiger partial charge in [0.25, 0.3) is 0 Å². The maximum Gasteiger partial charge on any atom is 0.183 e. The van der Waals surface area contributed by atoms with Crippen LogP contribution >= 0.6 is 15.9 Å². The van der Waals surface area contributed by atoms with Gasteiger partial charge < -0.3 is 0 Å². The van der Waals surface area contributed by atoms with Crippen molar-refractivity contribution in [3.63, 3.8) is 0 Å². The van der Waals surface area contributed by atoms with Gasteiger partial charge in [0.05, 0.1) is 0 Å². The van der Waals surface area contributed by atoms with Crippen LogP contribution in [0.2, 0.25) is 0 Å². The molecule has 0 saturated heterocycles. The molecule has 0 heterocycles. The molecule has 1 unspecified atom stereocenters. The molecule has 0 amide bonds. The van der Waals surface area contributed by atoms with Gasteiger partial charge in [0.1, 0.15) is 5.82 Å². The molecule has 1 nitrogen and oxygen atoms in total. The molecule has 1 aromatic carbocycles. The van der Waals surface area contributed by atoms with Crippen LogP contribution in [0.5, 0.6) is 0 Å². The number of hydrogen-bond acceptors (Lipinski definition) is 1. The van der Waals surface area contributed by atoms with E-state index in [1.54, 1.807) is 0 Å². The molecule has 4 heteroatoms. The number of benzene rings is 1. The summed E-state index contributed by atoms with van der Waals surface area (Å²) in [5.41, 5.74) is -0.237. The second kappa shape index (κ2) is 3.76. The highest BCUT2D eigenvalue weighted by atomic mass is 79.9. The first-order chi connectivity index (χ1) is 5.65. The second-order valence-electron chi connectivity index (χ2n) is 2.20. The fourth-order valence-electron chi connectivity index (χ4n) is 0.799. The Balaban J connectivity index is 3.12. The maximum atomic E-state index is 12.8. The van der Waals surface area contributed by atoms with Crippen LogP contribution in [0.3, 0.4) is 0 Å². The standard InChI is InChI=1S/C8H5BrF2O/c9-5-1-2-7(10)6(3-5)8(11)4-12/h1-4,8H. The average Bonchev–Trinajstić information content (AvgIpc) is 2.08. The Morgan fingerprint density at radius 2 is 2.17 bits per heavy atom. The van der Waals surface area contributed by atoms with Crippen molar-refractivity contribution >= 4 is 22.2 Å². The van der Waals surface area contributed by atoms with Crippen molar-refractivity contribution in [1.29, 1.82) is 0 Å². The zero-order chi connectivity index (χ0) is 9.14. The van der Waals surface area contributed by atoms with Gasteiger partial charge in [0, 0.05) is 10.0 Å². The molecule has 1 rings (SSSR count). The Morgan fingerprint density at radius 3 is 2.75 bits per heavy atom. The molecule has 0 aromatic heterocycles. The van der Waals surface area contributed by atoms with Gasteiger partial charge in [0.15, 0.2) is 12.5 Å². The van der Waals surface area contributed by atoms with Gasteiger partial charge in [-0.2, -0.15) is 0 Å². The molecule has 1 aromatic rings. The lowest BCUT2D eigenvalue weighted by molar-refractivity contribution is -0.112. The lowest BCUT2D eigenvalue weighted by atomic mass is 10.1. The molecule has 0 aliphatic heterocycles. The molecule has 12 heavy (non-hydrogen) atoms. The summed E-state index contributed by atoms with van der Waals surface area (Å²) in [6.07, 6.45) is -1.83. The highest BCUT2D eigenvalue weighted by molar-refractivity contribution is 9.10. The van der Waals surface area contributed by atoms with Gasteiger partial charge in [-0.05, 0) is 18.2 Å². The quantitative estimate of drug-likeness (QED) is 0.720. The third kappa shape index (κ3) is 1.88. The van der Waals surface area contributed by atoms with E-state index in [1.807, 2.05) is 0 Å². The van der Waals surface area contributed by atoms with Gasteiger partial charge >= 0.3 is 0 Å². The van der Waals surface area contributed by atoms with Crippen LogP contribution in [-0.4, -0.2) is 6.29 Å². The Kier molecular flexibility index (Phi) is 2.92. The molecule has 0 spiro atoms. The van der Waals surface area contributed by atoms with Crippen LogP contribution in [-0.2, 0) is 4.79 Å². The Hall–Kier alpha value is -0.770. The van der Waals surface area contributed by atoms with Crippen LogP contribution < -0.4 is 0 Å². The van der Waals surface area contributed by atoms with E-state index in [0.717, 1.165) is 6.07 Å². The van der Waals surface area contributed by atoms with Crippen molar-refractivity contribution in [2.75, 3.05) is 0 Å². The van der Waals surface area contributed by atoms with E-state index in [1.165, 1.54) is 12.1 Å². The molecule has 0 aliphatic carbocycles. The minimum Gasteiger partial charge on any atom is -0.300 e. The first-order valence-electron chi connectivity index (χ1n) is 3.19. The topological polar surface area (TPSA) is 17.1 Å². The fourth-order valence-corrected chi connectivity index (χ4v) is 1.18.